The Morgan fingerprint density at radius 2 is 1.95 bits per heavy atom. The number of ether oxygens (including phenoxy) is 1. The SMILES string of the molecule is CC[C@@H](O)c1ccccc1OCc1cccc(F)c1. The molecule has 0 aliphatic carbocycles. The van der Waals surface area contributed by atoms with Crippen molar-refractivity contribution in [3.63, 3.8) is 0 Å². The van der Waals surface area contributed by atoms with Crippen LogP contribution in [0.1, 0.15) is 30.6 Å². The average Bonchev–Trinajstić information content (AvgIpc) is 2.45. The van der Waals surface area contributed by atoms with Crippen LogP contribution in [0.25, 0.3) is 0 Å². The minimum atomic E-state index is -0.538. The van der Waals surface area contributed by atoms with E-state index in [1.54, 1.807) is 6.07 Å². The summed E-state index contributed by atoms with van der Waals surface area (Å²) in [5.41, 5.74) is 1.53. The molecule has 2 nitrogen and oxygen atoms in total. The Morgan fingerprint density at radius 3 is 2.68 bits per heavy atom. The number of benzene rings is 2. The topological polar surface area (TPSA) is 29.5 Å². The largest absolute Gasteiger partial charge is 0.489 e. The molecule has 0 saturated heterocycles. The van der Waals surface area contributed by atoms with Gasteiger partial charge in [-0.1, -0.05) is 37.3 Å². The fraction of sp³-hybridized carbons (Fsp3) is 0.250. The summed E-state index contributed by atoms with van der Waals surface area (Å²) in [4.78, 5) is 0. The Bertz CT molecular complexity index is 540. The lowest BCUT2D eigenvalue weighted by atomic mass is 10.1. The molecule has 2 aromatic carbocycles. The fourth-order valence-electron chi connectivity index (χ4n) is 1.90. The normalized spacial score (nSPS) is 12.2. The van der Waals surface area contributed by atoms with Gasteiger partial charge in [-0.3, -0.25) is 0 Å². The molecule has 0 saturated carbocycles. The first-order valence-electron chi connectivity index (χ1n) is 6.35. The van der Waals surface area contributed by atoms with Crippen molar-refractivity contribution in [2.75, 3.05) is 0 Å². The van der Waals surface area contributed by atoms with E-state index < -0.39 is 6.10 Å². The molecule has 3 heteroatoms. The molecule has 1 atom stereocenters. The maximum absolute atomic E-state index is 13.1. The summed E-state index contributed by atoms with van der Waals surface area (Å²) >= 11 is 0. The first kappa shape index (κ1) is 13.6. The molecule has 100 valence electrons. The van der Waals surface area contributed by atoms with Crippen LogP contribution in [0.3, 0.4) is 0 Å². The van der Waals surface area contributed by atoms with Crippen LogP contribution in [0, 0.1) is 5.82 Å². The number of aliphatic hydroxyl groups excluding tert-OH is 1. The van der Waals surface area contributed by atoms with Crippen molar-refractivity contribution in [1.82, 2.24) is 0 Å². The summed E-state index contributed by atoms with van der Waals surface area (Å²) in [6.45, 7) is 2.19. The van der Waals surface area contributed by atoms with Crippen molar-refractivity contribution in [2.24, 2.45) is 0 Å². The van der Waals surface area contributed by atoms with Gasteiger partial charge < -0.3 is 9.84 Å². The van der Waals surface area contributed by atoms with Crippen LogP contribution >= 0.6 is 0 Å². The lowest BCUT2D eigenvalue weighted by Crippen LogP contribution is -2.02. The first-order chi connectivity index (χ1) is 9.20. The molecule has 19 heavy (non-hydrogen) atoms. The molecule has 1 N–H and O–H groups in total. The second-order valence-electron chi connectivity index (χ2n) is 4.38. The molecule has 0 fully saturated rings. The van der Waals surface area contributed by atoms with Crippen molar-refractivity contribution in [2.45, 2.75) is 26.1 Å². The third-order valence-electron chi connectivity index (χ3n) is 2.95. The van der Waals surface area contributed by atoms with Crippen LogP contribution in [-0.2, 0) is 6.61 Å². The summed E-state index contributed by atoms with van der Waals surface area (Å²) in [6.07, 6.45) is 0.0871. The van der Waals surface area contributed by atoms with E-state index in [0.717, 1.165) is 11.1 Å². The molecule has 0 aliphatic rings. The highest BCUT2D eigenvalue weighted by Crippen LogP contribution is 2.27. The molecule has 2 aromatic rings. The molecule has 0 aliphatic heterocycles. The molecule has 0 aromatic heterocycles. The van der Waals surface area contributed by atoms with Gasteiger partial charge in [-0.2, -0.15) is 0 Å². The number of hydrogen-bond acceptors (Lipinski definition) is 2. The van der Waals surface area contributed by atoms with Crippen molar-refractivity contribution < 1.29 is 14.2 Å². The Labute approximate surface area is 112 Å². The quantitative estimate of drug-likeness (QED) is 0.884. The molecule has 0 radical (unpaired) electrons. The van der Waals surface area contributed by atoms with Gasteiger partial charge in [0.2, 0.25) is 0 Å². The molecular weight excluding hydrogens is 243 g/mol. The van der Waals surface area contributed by atoms with Crippen molar-refractivity contribution >= 4 is 0 Å². The lowest BCUT2D eigenvalue weighted by molar-refractivity contribution is 0.166. The van der Waals surface area contributed by atoms with Gasteiger partial charge in [-0.05, 0) is 30.2 Å². The van der Waals surface area contributed by atoms with Gasteiger partial charge in [0.05, 0.1) is 6.10 Å². The number of halogens is 1. The molecule has 0 spiro atoms. The molecule has 0 heterocycles. The Balaban J connectivity index is 2.11. The fourth-order valence-corrected chi connectivity index (χ4v) is 1.90. The van der Waals surface area contributed by atoms with Gasteiger partial charge in [0.15, 0.2) is 0 Å². The monoisotopic (exact) mass is 260 g/mol. The van der Waals surface area contributed by atoms with Gasteiger partial charge in [0.25, 0.3) is 0 Å². The highest BCUT2D eigenvalue weighted by molar-refractivity contribution is 5.35. The number of rotatable bonds is 5. The summed E-state index contributed by atoms with van der Waals surface area (Å²) in [5, 5.41) is 9.91. The highest BCUT2D eigenvalue weighted by atomic mass is 19.1. The summed E-state index contributed by atoms with van der Waals surface area (Å²) in [6, 6.07) is 13.7. The summed E-state index contributed by atoms with van der Waals surface area (Å²) in [7, 11) is 0. The Kier molecular flexibility index (Phi) is 4.53. The van der Waals surface area contributed by atoms with Crippen molar-refractivity contribution in [1.29, 1.82) is 0 Å². The van der Waals surface area contributed by atoms with E-state index in [4.69, 9.17) is 4.74 Å². The zero-order valence-electron chi connectivity index (χ0n) is 10.8. The van der Waals surface area contributed by atoms with E-state index >= 15 is 0 Å². The van der Waals surface area contributed by atoms with E-state index in [-0.39, 0.29) is 12.4 Å². The Hall–Kier alpha value is -1.87. The highest BCUT2D eigenvalue weighted by Gasteiger charge is 2.11. The van der Waals surface area contributed by atoms with Gasteiger partial charge in [0, 0.05) is 5.56 Å². The second kappa shape index (κ2) is 6.34. The standard InChI is InChI=1S/C16H17FO2/c1-2-15(18)14-8-3-4-9-16(14)19-11-12-6-5-7-13(17)10-12/h3-10,15,18H,2,11H2,1H3/t15-/m1/s1. The van der Waals surface area contributed by atoms with Gasteiger partial charge in [-0.25, -0.2) is 4.39 Å². The summed E-state index contributed by atoms with van der Waals surface area (Å²) in [5.74, 6) is 0.365. The third-order valence-corrected chi connectivity index (χ3v) is 2.95. The van der Waals surface area contributed by atoms with Crippen molar-refractivity contribution in [3.05, 3.63) is 65.5 Å². The smallest absolute Gasteiger partial charge is 0.125 e. The molecule has 0 amide bonds. The molecular formula is C16H17FO2. The van der Waals surface area contributed by atoms with E-state index in [9.17, 15) is 9.50 Å². The van der Waals surface area contributed by atoms with E-state index in [1.165, 1.54) is 12.1 Å². The van der Waals surface area contributed by atoms with Gasteiger partial charge >= 0.3 is 0 Å². The van der Waals surface area contributed by atoms with Crippen molar-refractivity contribution in [3.8, 4) is 5.75 Å². The first-order valence-corrected chi connectivity index (χ1v) is 6.35. The zero-order valence-corrected chi connectivity index (χ0v) is 10.8. The summed E-state index contributed by atoms with van der Waals surface area (Å²) < 4.78 is 18.7. The van der Waals surface area contributed by atoms with E-state index in [1.807, 2.05) is 37.3 Å². The van der Waals surface area contributed by atoms with Crippen LogP contribution in [0.15, 0.2) is 48.5 Å². The van der Waals surface area contributed by atoms with Crippen LogP contribution in [-0.4, -0.2) is 5.11 Å². The van der Waals surface area contributed by atoms with Gasteiger partial charge in [0.1, 0.15) is 18.2 Å². The van der Waals surface area contributed by atoms with Crippen LogP contribution in [0.4, 0.5) is 4.39 Å². The molecule has 2 rings (SSSR count). The predicted molar refractivity (Wildman–Crippen MR) is 72.4 cm³/mol. The molecule has 0 bridgehead atoms. The second-order valence-corrected chi connectivity index (χ2v) is 4.38. The zero-order chi connectivity index (χ0) is 13.7. The van der Waals surface area contributed by atoms with Gasteiger partial charge in [-0.15, -0.1) is 0 Å². The average molecular weight is 260 g/mol. The number of aliphatic hydroxyl groups is 1. The lowest BCUT2D eigenvalue weighted by Gasteiger charge is -2.15. The number of hydrogen-bond donors (Lipinski definition) is 1. The maximum atomic E-state index is 13.1. The number of para-hydroxylation sites is 1. The van der Waals surface area contributed by atoms with E-state index in [2.05, 4.69) is 0 Å². The van der Waals surface area contributed by atoms with Crippen LogP contribution < -0.4 is 4.74 Å². The third kappa shape index (κ3) is 3.55. The predicted octanol–water partition coefficient (Wildman–Crippen LogP) is 3.85. The Morgan fingerprint density at radius 1 is 1.16 bits per heavy atom. The minimum absolute atomic E-state index is 0.275. The minimum Gasteiger partial charge on any atom is -0.489 e. The van der Waals surface area contributed by atoms with Crippen LogP contribution in [0.5, 0.6) is 5.75 Å². The van der Waals surface area contributed by atoms with Crippen LogP contribution in [0.2, 0.25) is 0 Å². The van der Waals surface area contributed by atoms with E-state index in [0.29, 0.717) is 12.2 Å². The molecule has 0 unspecified atom stereocenters. The maximum Gasteiger partial charge on any atom is 0.125 e.